The fraction of sp³-hybridized carbons (Fsp3) is 0.176. The smallest absolute Gasteiger partial charge is 0.414 e. The topological polar surface area (TPSA) is 51.7 Å². The molecule has 0 atom stereocenters. The van der Waals surface area contributed by atoms with Gasteiger partial charge in [0.15, 0.2) is 0 Å². The van der Waals surface area contributed by atoms with Crippen LogP contribution < -0.4 is 9.47 Å². The van der Waals surface area contributed by atoms with Gasteiger partial charge in [-0.3, -0.25) is 0 Å². The van der Waals surface area contributed by atoms with Crippen LogP contribution in [0.5, 0.6) is 11.5 Å². The Bertz CT molecular complexity index is 779. The normalized spacial score (nSPS) is 10.5. The maximum absolute atomic E-state index is 11.5. The standard InChI is InChI=1S/C17H16N2O3S/c1-19(2)17(20)22-13-9-7-12(8-10-13)21-11-16-18-14-5-3-4-6-15(14)23-16/h3-10H,11H2,1-2H3. The van der Waals surface area contributed by atoms with Crippen molar-refractivity contribution >= 4 is 27.6 Å². The second-order valence-corrected chi connectivity index (χ2v) is 6.21. The van der Waals surface area contributed by atoms with Gasteiger partial charge in [-0.15, -0.1) is 11.3 Å². The van der Waals surface area contributed by atoms with Crippen LogP contribution in [-0.4, -0.2) is 30.1 Å². The van der Waals surface area contributed by atoms with Crippen LogP contribution in [0.2, 0.25) is 0 Å². The summed E-state index contributed by atoms with van der Waals surface area (Å²) < 4.78 is 12.0. The number of carbonyl (C=O) groups excluding carboxylic acids is 1. The lowest BCUT2D eigenvalue weighted by atomic mass is 10.3. The zero-order valence-electron chi connectivity index (χ0n) is 12.9. The minimum absolute atomic E-state index is 0.409. The molecule has 23 heavy (non-hydrogen) atoms. The van der Waals surface area contributed by atoms with Gasteiger partial charge in [-0.25, -0.2) is 9.78 Å². The summed E-state index contributed by atoms with van der Waals surface area (Å²) in [5.74, 6) is 1.19. The number of carbonyl (C=O) groups is 1. The van der Waals surface area contributed by atoms with Crippen LogP contribution in [0, 0.1) is 0 Å². The summed E-state index contributed by atoms with van der Waals surface area (Å²) in [4.78, 5) is 17.4. The first-order valence-corrected chi connectivity index (χ1v) is 7.90. The molecule has 118 valence electrons. The van der Waals surface area contributed by atoms with Crippen molar-refractivity contribution in [1.82, 2.24) is 9.88 Å². The van der Waals surface area contributed by atoms with Gasteiger partial charge in [-0.1, -0.05) is 12.1 Å². The number of thiazole rings is 1. The predicted molar refractivity (Wildman–Crippen MR) is 90.1 cm³/mol. The van der Waals surface area contributed by atoms with E-state index in [1.807, 2.05) is 24.3 Å². The average Bonchev–Trinajstić information content (AvgIpc) is 2.97. The molecule has 6 heteroatoms. The molecule has 0 aliphatic heterocycles. The van der Waals surface area contributed by atoms with Gasteiger partial charge in [0.1, 0.15) is 23.1 Å². The molecule has 0 unspecified atom stereocenters. The highest BCUT2D eigenvalue weighted by Gasteiger charge is 2.07. The molecule has 3 rings (SSSR count). The van der Waals surface area contributed by atoms with E-state index < -0.39 is 6.09 Å². The molecule has 1 amide bonds. The molecule has 5 nitrogen and oxygen atoms in total. The zero-order valence-corrected chi connectivity index (χ0v) is 13.7. The Kier molecular flexibility index (Phi) is 4.43. The van der Waals surface area contributed by atoms with Crippen LogP contribution in [-0.2, 0) is 6.61 Å². The van der Waals surface area contributed by atoms with Crippen LogP contribution in [0.15, 0.2) is 48.5 Å². The number of para-hydroxylation sites is 1. The lowest BCUT2D eigenvalue weighted by Gasteiger charge is -2.11. The van der Waals surface area contributed by atoms with Crippen LogP contribution in [0.4, 0.5) is 4.79 Å². The third kappa shape index (κ3) is 3.78. The number of rotatable bonds is 4. The molecule has 0 fully saturated rings. The Labute approximate surface area is 138 Å². The highest BCUT2D eigenvalue weighted by molar-refractivity contribution is 7.18. The summed E-state index contributed by atoms with van der Waals surface area (Å²) in [6.07, 6.45) is -0.409. The molecule has 0 aliphatic rings. The van der Waals surface area contributed by atoms with Gasteiger partial charge in [-0.2, -0.15) is 0 Å². The van der Waals surface area contributed by atoms with Crippen LogP contribution >= 0.6 is 11.3 Å². The Hall–Kier alpha value is -2.60. The predicted octanol–water partition coefficient (Wildman–Crippen LogP) is 3.94. The van der Waals surface area contributed by atoms with Gasteiger partial charge in [0.05, 0.1) is 10.2 Å². The van der Waals surface area contributed by atoms with Crippen LogP contribution in [0.25, 0.3) is 10.2 Å². The molecule has 0 spiro atoms. The van der Waals surface area contributed by atoms with E-state index in [0.717, 1.165) is 15.2 Å². The minimum Gasteiger partial charge on any atom is -0.486 e. The Morgan fingerprint density at radius 1 is 1.09 bits per heavy atom. The van der Waals surface area contributed by atoms with E-state index >= 15 is 0 Å². The first-order chi connectivity index (χ1) is 11.1. The van der Waals surface area contributed by atoms with Crippen molar-refractivity contribution in [2.75, 3.05) is 14.1 Å². The lowest BCUT2D eigenvalue weighted by molar-refractivity contribution is 0.172. The third-order valence-corrected chi connectivity index (χ3v) is 4.10. The summed E-state index contributed by atoms with van der Waals surface area (Å²) in [7, 11) is 3.27. The first-order valence-electron chi connectivity index (χ1n) is 7.08. The summed E-state index contributed by atoms with van der Waals surface area (Å²) in [5.41, 5.74) is 0.988. The van der Waals surface area contributed by atoms with E-state index in [9.17, 15) is 4.79 Å². The van der Waals surface area contributed by atoms with Crippen molar-refractivity contribution < 1.29 is 14.3 Å². The monoisotopic (exact) mass is 328 g/mol. The van der Waals surface area contributed by atoms with Gasteiger partial charge in [0.2, 0.25) is 0 Å². The van der Waals surface area contributed by atoms with Crippen molar-refractivity contribution in [3.63, 3.8) is 0 Å². The molecule has 0 bridgehead atoms. The SMILES string of the molecule is CN(C)C(=O)Oc1ccc(OCc2nc3ccccc3s2)cc1. The van der Waals surface area contributed by atoms with Crippen molar-refractivity contribution in [2.45, 2.75) is 6.61 Å². The summed E-state index contributed by atoms with van der Waals surface area (Å²) in [6.45, 7) is 0.413. The van der Waals surface area contributed by atoms with Crippen molar-refractivity contribution in [3.05, 3.63) is 53.5 Å². The molecular formula is C17H16N2O3S. The highest BCUT2D eigenvalue weighted by atomic mass is 32.1. The molecule has 3 aromatic rings. The number of hydrogen-bond acceptors (Lipinski definition) is 5. The lowest BCUT2D eigenvalue weighted by Crippen LogP contribution is -2.25. The maximum atomic E-state index is 11.5. The Balaban J connectivity index is 1.61. The van der Waals surface area contributed by atoms with E-state index in [1.165, 1.54) is 4.90 Å². The van der Waals surface area contributed by atoms with E-state index in [0.29, 0.717) is 18.1 Å². The summed E-state index contributed by atoms with van der Waals surface area (Å²) in [5, 5.41) is 0.925. The average molecular weight is 328 g/mol. The number of fused-ring (bicyclic) bond motifs is 1. The van der Waals surface area contributed by atoms with Crippen molar-refractivity contribution in [3.8, 4) is 11.5 Å². The largest absolute Gasteiger partial charge is 0.486 e. The molecule has 2 aromatic carbocycles. The summed E-state index contributed by atoms with van der Waals surface area (Å²) >= 11 is 1.62. The van der Waals surface area contributed by atoms with Gasteiger partial charge < -0.3 is 14.4 Å². The first kappa shape index (κ1) is 15.3. The Morgan fingerprint density at radius 3 is 2.48 bits per heavy atom. The molecule has 0 saturated heterocycles. The number of hydrogen-bond donors (Lipinski definition) is 0. The minimum atomic E-state index is -0.409. The van der Waals surface area contributed by atoms with Crippen molar-refractivity contribution in [1.29, 1.82) is 0 Å². The fourth-order valence-electron chi connectivity index (χ4n) is 1.92. The van der Waals surface area contributed by atoms with Crippen LogP contribution in [0.1, 0.15) is 5.01 Å². The van der Waals surface area contributed by atoms with E-state index in [4.69, 9.17) is 9.47 Å². The molecule has 0 aliphatic carbocycles. The number of nitrogens with zero attached hydrogens (tertiary/aromatic N) is 2. The maximum Gasteiger partial charge on any atom is 0.414 e. The number of benzene rings is 2. The quantitative estimate of drug-likeness (QED) is 0.728. The molecular weight excluding hydrogens is 312 g/mol. The second-order valence-electron chi connectivity index (χ2n) is 5.10. The second kappa shape index (κ2) is 6.66. The molecule has 1 aromatic heterocycles. The third-order valence-electron chi connectivity index (χ3n) is 3.09. The van der Waals surface area contributed by atoms with Crippen molar-refractivity contribution in [2.24, 2.45) is 0 Å². The summed E-state index contributed by atoms with van der Waals surface area (Å²) in [6, 6.07) is 15.0. The van der Waals surface area contributed by atoms with E-state index in [-0.39, 0.29) is 0 Å². The van der Waals surface area contributed by atoms with Gasteiger partial charge in [0, 0.05) is 14.1 Å². The van der Waals surface area contributed by atoms with Gasteiger partial charge in [-0.05, 0) is 36.4 Å². The van der Waals surface area contributed by atoms with E-state index in [1.54, 1.807) is 49.7 Å². The number of ether oxygens (including phenoxy) is 2. The molecule has 0 N–H and O–H groups in total. The van der Waals surface area contributed by atoms with E-state index in [2.05, 4.69) is 4.98 Å². The number of amides is 1. The highest BCUT2D eigenvalue weighted by Crippen LogP contribution is 2.24. The molecule has 0 saturated carbocycles. The molecule has 1 heterocycles. The fourth-order valence-corrected chi connectivity index (χ4v) is 2.80. The van der Waals surface area contributed by atoms with Gasteiger partial charge in [0.25, 0.3) is 0 Å². The Morgan fingerprint density at radius 2 is 1.78 bits per heavy atom. The molecule has 0 radical (unpaired) electrons. The number of aromatic nitrogens is 1. The van der Waals surface area contributed by atoms with Gasteiger partial charge >= 0.3 is 6.09 Å². The van der Waals surface area contributed by atoms with Crippen LogP contribution in [0.3, 0.4) is 0 Å². The zero-order chi connectivity index (χ0) is 16.2.